The molecule has 1 aliphatic carbocycles. The maximum atomic E-state index is 12.9. The summed E-state index contributed by atoms with van der Waals surface area (Å²) in [5, 5.41) is 12.1. The first-order valence-corrected chi connectivity index (χ1v) is 9.13. The SMILES string of the molecule is O=C([O-])c1ccc2nc3c(c(=O)n2c1)CCCC3=Cc1c(Cl)cccc1Cl.[Na+]. The molecule has 1 aliphatic rings. The number of benzene rings is 1. The van der Waals surface area contributed by atoms with Gasteiger partial charge >= 0.3 is 29.6 Å². The zero-order chi connectivity index (χ0) is 19.1. The predicted molar refractivity (Wildman–Crippen MR) is 103 cm³/mol. The molecule has 8 heteroatoms. The van der Waals surface area contributed by atoms with Crippen molar-refractivity contribution in [3.63, 3.8) is 0 Å². The van der Waals surface area contributed by atoms with E-state index in [0.29, 0.717) is 38.9 Å². The van der Waals surface area contributed by atoms with E-state index in [4.69, 9.17) is 23.2 Å². The summed E-state index contributed by atoms with van der Waals surface area (Å²) in [4.78, 5) is 28.6. The zero-order valence-electron chi connectivity index (χ0n) is 15.0. The number of halogens is 2. The molecule has 28 heavy (non-hydrogen) atoms. The summed E-state index contributed by atoms with van der Waals surface area (Å²) in [5.41, 5.74) is 2.79. The van der Waals surface area contributed by atoms with E-state index in [1.807, 2.05) is 6.08 Å². The summed E-state index contributed by atoms with van der Waals surface area (Å²) in [6.45, 7) is 0. The summed E-state index contributed by atoms with van der Waals surface area (Å²) in [7, 11) is 0. The molecule has 0 fully saturated rings. The third-order valence-corrected chi connectivity index (χ3v) is 5.31. The van der Waals surface area contributed by atoms with Gasteiger partial charge in [0, 0.05) is 32.9 Å². The number of pyridine rings is 1. The second-order valence-corrected chi connectivity index (χ2v) is 7.15. The molecule has 1 aromatic carbocycles. The molecule has 0 saturated heterocycles. The van der Waals surface area contributed by atoms with Gasteiger partial charge in [0.2, 0.25) is 0 Å². The number of aromatic carboxylic acids is 1. The van der Waals surface area contributed by atoms with Crippen molar-refractivity contribution >= 4 is 46.5 Å². The number of fused-ring (bicyclic) bond motifs is 2. The smallest absolute Gasteiger partial charge is 0.545 e. The number of carbonyl (C=O) groups excluding carboxylic acids is 1. The maximum Gasteiger partial charge on any atom is 1.00 e. The molecule has 5 nitrogen and oxygen atoms in total. The molecule has 0 amide bonds. The molecule has 4 rings (SSSR count). The van der Waals surface area contributed by atoms with Crippen LogP contribution in [-0.4, -0.2) is 15.4 Å². The maximum absolute atomic E-state index is 12.9. The number of carboxylic acid groups (broad SMARTS) is 1. The Balaban J connectivity index is 0.00000225. The minimum absolute atomic E-state index is 0. The van der Waals surface area contributed by atoms with Crippen LogP contribution in [0.4, 0.5) is 0 Å². The van der Waals surface area contributed by atoms with E-state index >= 15 is 0 Å². The van der Waals surface area contributed by atoms with Crippen LogP contribution in [0.25, 0.3) is 17.3 Å². The molecule has 2 aromatic heterocycles. The van der Waals surface area contributed by atoms with Crippen molar-refractivity contribution < 1.29 is 39.5 Å². The Bertz CT molecular complexity index is 1170. The van der Waals surface area contributed by atoms with Crippen LogP contribution in [0, 0.1) is 0 Å². The predicted octanol–water partition coefficient (Wildman–Crippen LogP) is 0.246. The Hall–Kier alpha value is -1.63. The van der Waals surface area contributed by atoms with Gasteiger partial charge in [-0.1, -0.05) is 29.3 Å². The molecule has 0 aliphatic heterocycles. The normalized spacial score (nSPS) is 14.6. The van der Waals surface area contributed by atoms with Gasteiger partial charge in [-0.05, 0) is 55.2 Å². The Morgan fingerprint density at radius 2 is 1.86 bits per heavy atom. The summed E-state index contributed by atoms with van der Waals surface area (Å²) in [6.07, 6.45) is 5.23. The Labute approximate surface area is 192 Å². The van der Waals surface area contributed by atoms with Crippen LogP contribution < -0.4 is 40.2 Å². The quantitative estimate of drug-likeness (QED) is 0.554. The summed E-state index contributed by atoms with van der Waals surface area (Å²) in [6, 6.07) is 8.16. The molecule has 0 bridgehead atoms. The van der Waals surface area contributed by atoms with Crippen molar-refractivity contribution in [2.45, 2.75) is 19.3 Å². The van der Waals surface area contributed by atoms with Crippen molar-refractivity contribution in [1.29, 1.82) is 0 Å². The molecular weight excluding hydrogens is 410 g/mol. The molecule has 136 valence electrons. The van der Waals surface area contributed by atoms with Crippen molar-refractivity contribution in [2.75, 3.05) is 0 Å². The molecule has 0 radical (unpaired) electrons. The van der Waals surface area contributed by atoms with Gasteiger partial charge < -0.3 is 9.90 Å². The first-order valence-electron chi connectivity index (χ1n) is 8.37. The van der Waals surface area contributed by atoms with Crippen LogP contribution in [0.1, 0.15) is 40.0 Å². The number of hydrogen-bond donors (Lipinski definition) is 0. The largest absolute Gasteiger partial charge is 1.00 e. The number of rotatable bonds is 2. The molecule has 0 atom stereocenters. The third-order valence-electron chi connectivity index (χ3n) is 4.65. The minimum atomic E-state index is -1.34. The van der Waals surface area contributed by atoms with Gasteiger partial charge in [-0.2, -0.15) is 0 Å². The Morgan fingerprint density at radius 1 is 1.14 bits per heavy atom. The van der Waals surface area contributed by atoms with Crippen LogP contribution in [0.3, 0.4) is 0 Å². The molecule has 0 unspecified atom stereocenters. The van der Waals surface area contributed by atoms with Crippen molar-refractivity contribution in [3.05, 3.63) is 79.3 Å². The van der Waals surface area contributed by atoms with Crippen LogP contribution in [-0.2, 0) is 6.42 Å². The number of nitrogens with zero attached hydrogens (tertiary/aromatic N) is 2. The second-order valence-electron chi connectivity index (χ2n) is 6.34. The van der Waals surface area contributed by atoms with Crippen LogP contribution in [0.15, 0.2) is 41.3 Å². The standard InChI is InChI=1S/C20H14Cl2N2O3.Na/c21-15-5-2-6-16(22)14(15)9-11-3-1-4-13-18(11)23-17-8-7-12(20(26)27)10-24(17)19(13)25;/h2,5-10H,1,3-4H2,(H,26,27);/q;+1/p-1. The first-order chi connectivity index (χ1) is 13.0. The van der Waals surface area contributed by atoms with Crippen LogP contribution >= 0.6 is 23.2 Å². The number of allylic oxidation sites excluding steroid dienone is 1. The Morgan fingerprint density at radius 3 is 2.54 bits per heavy atom. The van der Waals surface area contributed by atoms with E-state index in [1.54, 1.807) is 18.2 Å². The van der Waals surface area contributed by atoms with Crippen molar-refractivity contribution in [3.8, 4) is 0 Å². The summed E-state index contributed by atoms with van der Waals surface area (Å²) in [5.74, 6) is -1.34. The average molecular weight is 423 g/mol. The summed E-state index contributed by atoms with van der Waals surface area (Å²) < 4.78 is 1.26. The van der Waals surface area contributed by atoms with Crippen LogP contribution in [0.2, 0.25) is 10.0 Å². The first kappa shape index (κ1) is 21.1. The number of carbonyl (C=O) groups is 1. The zero-order valence-corrected chi connectivity index (χ0v) is 18.5. The molecule has 0 saturated carbocycles. The van der Waals surface area contributed by atoms with E-state index in [2.05, 4.69) is 4.98 Å². The van der Waals surface area contributed by atoms with E-state index in [1.165, 1.54) is 22.7 Å². The third kappa shape index (κ3) is 3.78. The van der Waals surface area contributed by atoms with Gasteiger partial charge in [0.05, 0.1) is 11.7 Å². The van der Waals surface area contributed by atoms with E-state index < -0.39 is 5.97 Å². The fourth-order valence-corrected chi connectivity index (χ4v) is 3.83. The molecular formula is C20H13Cl2N2NaO3. The minimum Gasteiger partial charge on any atom is -0.545 e. The monoisotopic (exact) mass is 422 g/mol. The number of aromatic nitrogens is 2. The van der Waals surface area contributed by atoms with Gasteiger partial charge in [0.1, 0.15) is 5.65 Å². The fraction of sp³-hybridized carbons (Fsp3) is 0.150. The van der Waals surface area contributed by atoms with Crippen molar-refractivity contribution in [2.24, 2.45) is 0 Å². The van der Waals surface area contributed by atoms with Gasteiger partial charge in [0.25, 0.3) is 5.56 Å². The van der Waals surface area contributed by atoms with Gasteiger partial charge in [-0.25, -0.2) is 4.98 Å². The van der Waals surface area contributed by atoms with E-state index in [-0.39, 0.29) is 40.7 Å². The number of hydrogen-bond acceptors (Lipinski definition) is 4. The summed E-state index contributed by atoms with van der Waals surface area (Å²) >= 11 is 12.5. The van der Waals surface area contributed by atoms with E-state index in [0.717, 1.165) is 18.4 Å². The second kappa shape index (κ2) is 8.39. The topological polar surface area (TPSA) is 74.5 Å². The van der Waals surface area contributed by atoms with Gasteiger partial charge in [-0.3, -0.25) is 9.20 Å². The van der Waals surface area contributed by atoms with Gasteiger partial charge in [-0.15, -0.1) is 0 Å². The Kier molecular flexibility index (Phi) is 6.32. The van der Waals surface area contributed by atoms with Crippen molar-refractivity contribution in [1.82, 2.24) is 9.38 Å². The molecule has 0 spiro atoms. The van der Waals surface area contributed by atoms with E-state index in [9.17, 15) is 14.7 Å². The average Bonchev–Trinajstić information content (AvgIpc) is 2.65. The van der Waals surface area contributed by atoms with Gasteiger partial charge in [0.15, 0.2) is 0 Å². The fourth-order valence-electron chi connectivity index (χ4n) is 3.32. The molecule has 3 aromatic rings. The molecule has 0 N–H and O–H groups in total. The number of carboxylic acids is 1. The molecule has 2 heterocycles. The van der Waals surface area contributed by atoms with Crippen LogP contribution in [0.5, 0.6) is 0 Å².